The highest BCUT2D eigenvalue weighted by Crippen LogP contribution is 2.64. The van der Waals surface area contributed by atoms with Crippen LogP contribution in [0.25, 0.3) is 0 Å². The molecule has 7 rings (SSSR count). The molecule has 3 aliphatic heterocycles. The summed E-state index contributed by atoms with van der Waals surface area (Å²) in [5, 5.41) is 44.0. The van der Waals surface area contributed by atoms with Crippen LogP contribution in [0, 0.1) is 40.9 Å². The Hall–Kier alpha value is -1.17. The van der Waals surface area contributed by atoms with Gasteiger partial charge in [0.25, 0.3) is 0 Å². The number of aliphatic hydroxyl groups excluding tert-OH is 4. The van der Waals surface area contributed by atoms with Gasteiger partial charge in [-0.15, -0.1) is 0 Å². The summed E-state index contributed by atoms with van der Waals surface area (Å²) in [5.74, 6) is 0.961. The first-order valence-electron chi connectivity index (χ1n) is 16.3. The number of aliphatic hydroxyl groups is 4. The van der Waals surface area contributed by atoms with E-state index in [-0.39, 0.29) is 35.1 Å². The predicted octanol–water partition coefficient (Wildman–Crippen LogP) is 2.21. The van der Waals surface area contributed by atoms with Crippen LogP contribution in [0.3, 0.4) is 0 Å². The van der Waals surface area contributed by atoms with Gasteiger partial charge in [-0.25, -0.2) is 0 Å². The fourth-order valence-electron chi connectivity index (χ4n) is 10.4. The Morgan fingerprint density at radius 3 is 2.69 bits per heavy atom. The summed E-state index contributed by atoms with van der Waals surface area (Å²) < 4.78 is 18.7. The van der Waals surface area contributed by atoms with Gasteiger partial charge in [0.05, 0.1) is 36.4 Å². The molecule has 0 unspecified atom stereocenters. The number of rotatable bonds is 3. The summed E-state index contributed by atoms with van der Waals surface area (Å²) in [6.45, 7) is 9.65. The zero-order valence-corrected chi connectivity index (χ0v) is 25.4. The molecule has 0 aromatic heterocycles. The fraction of sp³-hybridized carbons (Fsp3) is 0.848. The van der Waals surface area contributed by atoms with Crippen molar-refractivity contribution in [2.24, 2.45) is 40.9 Å². The van der Waals surface area contributed by atoms with Crippen molar-refractivity contribution in [2.75, 3.05) is 13.2 Å². The number of allylic oxidation sites excluding steroid dienone is 2. The van der Waals surface area contributed by atoms with Crippen LogP contribution in [0.4, 0.5) is 0 Å². The van der Waals surface area contributed by atoms with Gasteiger partial charge in [-0.05, 0) is 87.2 Å². The topological polar surface area (TPSA) is 138 Å². The van der Waals surface area contributed by atoms with Crippen molar-refractivity contribution >= 4 is 5.78 Å². The number of ether oxygens (including phenoxy) is 3. The molecule has 3 heterocycles. The lowest BCUT2D eigenvalue weighted by molar-refractivity contribution is -0.341. The minimum atomic E-state index is -1.58. The van der Waals surface area contributed by atoms with Crippen LogP contribution in [0.5, 0.6) is 0 Å². The van der Waals surface area contributed by atoms with Crippen LogP contribution in [-0.2, 0) is 19.0 Å². The molecule has 3 saturated heterocycles. The molecule has 42 heavy (non-hydrogen) atoms. The summed E-state index contributed by atoms with van der Waals surface area (Å²) in [5.41, 5.74) is 2.90. The maximum absolute atomic E-state index is 14.5. The largest absolute Gasteiger partial charge is 0.396 e. The summed E-state index contributed by atoms with van der Waals surface area (Å²) in [6.07, 6.45) is 2.96. The Morgan fingerprint density at radius 1 is 1.14 bits per heavy atom. The molecule has 9 heteroatoms. The number of fused-ring (bicyclic) bond motifs is 6. The highest BCUT2D eigenvalue weighted by Gasteiger charge is 2.63. The van der Waals surface area contributed by atoms with E-state index in [4.69, 9.17) is 14.2 Å². The van der Waals surface area contributed by atoms with E-state index in [1.54, 1.807) is 0 Å². The Morgan fingerprint density at radius 2 is 1.93 bits per heavy atom. The summed E-state index contributed by atoms with van der Waals surface area (Å²) >= 11 is 0. The Balaban J connectivity index is 1.11. The highest BCUT2D eigenvalue weighted by molar-refractivity contribution is 6.02. The van der Waals surface area contributed by atoms with E-state index in [0.29, 0.717) is 42.4 Å². The van der Waals surface area contributed by atoms with Crippen molar-refractivity contribution in [3.8, 4) is 0 Å². The van der Waals surface area contributed by atoms with Crippen LogP contribution >= 0.6 is 0 Å². The lowest BCUT2D eigenvalue weighted by atomic mass is 9.56. The zero-order chi connectivity index (χ0) is 29.7. The molecule has 0 radical (unpaired) electrons. The highest BCUT2D eigenvalue weighted by atomic mass is 16.7. The van der Waals surface area contributed by atoms with Crippen molar-refractivity contribution in [2.45, 2.75) is 121 Å². The number of nitrogens with one attached hydrogen (secondary N) is 1. The number of ketones is 1. The van der Waals surface area contributed by atoms with Crippen molar-refractivity contribution in [1.82, 2.24) is 5.32 Å². The third kappa shape index (κ3) is 4.14. The van der Waals surface area contributed by atoms with Gasteiger partial charge in [-0.1, -0.05) is 32.4 Å². The molecule has 9 nitrogen and oxygen atoms in total. The molecular weight excluding hydrogens is 538 g/mol. The lowest BCUT2D eigenvalue weighted by Crippen LogP contribution is -2.57. The van der Waals surface area contributed by atoms with Gasteiger partial charge in [0.1, 0.15) is 6.10 Å². The number of carbonyl (C=O) groups is 1. The van der Waals surface area contributed by atoms with E-state index in [0.717, 1.165) is 44.2 Å². The van der Waals surface area contributed by atoms with E-state index in [9.17, 15) is 25.2 Å². The molecule has 2 saturated carbocycles. The van der Waals surface area contributed by atoms with Gasteiger partial charge >= 0.3 is 0 Å². The molecule has 234 valence electrons. The van der Waals surface area contributed by atoms with Crippen molar-refractivity contribution in [3.05, 3.63) is 22.8 Å². The number of piperidine rings is 1. The Bertz CT molecular complexity index is 1170. The second-order valence-electron chi connectivity index (χ2n) is 14.9. The second-order valence-corrected chi connectivity index (χ2v) is 14.9. The molecule has 1 spiro atoms. The van der Waals surface area contributed by atoms with Crippen LogP contribution in [0.2, 0.25) is 0 Å². The summed E-state index contributed by atoms with van der Waals surface area (Å²) in [4.78, 5) is 14.5. The fourth-order valence-corrected chi connectivity index (χ4v) is 10.4. The standard InChI is InChI=1S/C33H49NO8/c1-15-11-23-26(34-13-15)17(3)33(42-23)10-8-20-21-6-5-18-12-19(40-31-22(14-35)27(36)29(38)30(39)41-31)7-9-32(18,4)25(21)28(37)24(20)16(33)2/h5,15,17,19-23,25-27,29-31,34-36,38-39H,6-14H2,1-4H3/t15-,17+,19-,20-,21-,22+,23+,25-,26-,27-,29-,30-,31-,32-,33-/m0/s1. The number of hydrogen-bond acceptors (Lipinski definition) is 9. The third-order valence-electron chi connectivity index (χ3n) is 12.8. The average Bonchev–Trinajstić information content (AvgIpc) is 3.41. The van der Waals surface area contributed by atoms with Crippen molar-refractivity contribution in [1.29, 1.82) is 0 Å². The lowest BCUT2D eigenvalue weighted by Gasteiger charge is -2.49. The van der Waals surface area contributed by atoms with Gasteiger partial charge in [0.2, 0.25) is 0 Å². The van der Waals surface area contributed by atoms with Crippen molar-refractivity contribution < 1.29 is 39.4 Å². The summed E-state index contributed by atoms with van der Waals surface area (Å²) in [7, 11) is 0. The first-order chi connectivity index (χ1) is 20.0. The first-order valence-corrected chi connectivity index (χ1v) is 16.3. The SMILES string of the molecule is CC1=C2C(=O)[C@@H]3[C@@H](CC=C4C[C@@H](O[C@H]5O[C@H](O)[C@@H](O)[C@@H](O)[C@H]5CO)CC[C@@]43C)[C@@H]2CC[C@]12O[C@@H]1C[C@H](C)CN[C@H]1[C@H]2C. The van der Waals surface area contributed by atoms with Crippen molar-refractivity contribution in [3.63, 3.8) is 0 Å². The van der Waals surface area contributed by atoms with Gasteiger partial charge in [-0.3, -0.25) is 4.79 Å². The van der Waals surface area contributed by atoms with E-state index in [1.165, 1.54) is 11.1 Å². The minimum absolute atomic E-state index is 0.0457. The van der Waals surface area contributed by atoms with Gasteiger partial charge in [-0.2, -0.15) is 0 Å². The molecule has 5 N–H and O–H groups in total. The van der Waals surface area contributed by atoms with Crippen LogP contribution in [0.15, 0.2) is 22.8 Å². The van der Waals surface area contributed by atoms with Gasteiger partial charge in [0.15, 0.2) is 18.4 Å². The molecular formula is C33H49NO8. The maximum Gasteiger partial charge on any atom is 0.186 e. The van der Waals surface area contributed by atoms with Gasteiger partial charge in [0, 0.05) is 23.5 Å². The minimum Gasteiger partial charge on any atom is -0.396 e. The average molecular weight is 588 g/mol. The maximum atomic E-state index is 14.5. The molecule has 7 aliphatic rings. The number of Topliss-reactive ketones (excluding diaryl/α,β-unsaturated/α-hetero) is 1. The van der Waals surface area contributed by atoms with E-state index in [2.05, 4.69) is 39.1 Å². The van der Waals surface area contributed by atoms with Gasteiger partial charge < -0.3 is 40.0 Å². The second kappa shape index (κ2) is 10.4. The van der Waals surface area contributed by atoms with Crippen LogP contribution in [0.1, 0.15) is 72.6 Å². The number of carbonyl (C=O) groups excluding carboxylic acids is 1. The van der Waals surface area contributed by atoms with E-state index < -0.39 is 37.3 Å². The number of hydrogen-bond donors (Lipinski definition) is 5. The molecule has 4 aliphatic carbocycles. The summed E-state index contributed by atoms with van der Waals surface area (Å²) in [6, 6.07) is 0.345. The monoisotopic (exact) mass is 587 g/mol. The van der Waals surface area contributed by atoms with Crippen LogP contribution in [-0.4, -0.2) is 88.0 Å². The third-order valence-corrected chi connectivity index (χ3v) is 12.8. The molecule has 0 aromatic rings. The smallest absolute Gasteiger partial charge is 0.186 e. The molecule has 0 aromatic carbocycles. The molecule has 15 atom stereocenters. The normalized spacial score (nSPS) is 53.9. The first kappa shape index (κ1) is 29.5. The van der Waals surface area contributed by atoms with E-state index in [1.807, 2.05) is 0 Å². The van der Waals surface area contributed by atoms with Crippen LogP contribution < -0.4 is 5.32 Å². The van der Waals surface area contributed by atoms with E-state index >= 15 is 0 Å². The quantitative estimate of drug-likeness (QED) is 0.315. The Kier molecular flexibility index (Phi) is 7.34. The molecule has 0 amide bonds. The molecule has 0 bridgehead atoms. The predicted molar refractivity (Wildman–Crippen MR) is 153 cm³/mol. The Labute approximate surface area is 248 Å². The zero-order valence-electron chi connectivity index (χ0n) is 25.4. The molecule has 5 fully saturated rings.